The SMILES string of the molecule is CCc1cc(C2CCC(CC)CC2)ccc1C1OCCO1. The summed E-state index contributed by atoms with van der Waals surface area (Å²) in [6.45, 7) is 6.00. The van der Waals surface area contributed by atoms with E-state index in [0.29, 0.717) is 0 Å². The molecule has 3 rings (SSSR count). The number of hydrogen-bond acceptors (Lipinski definition) is 2. The molecule has 0 spiro atoms. The summed E-state index contributed by atoms with van der Waals surface area (Å²) in [7, 11) is 0. The summed E-state index contributed by atoms with van der Waals surface area (Å²) >= 11 is 0. The molecule has 0 aromatic heterocycles. The molecule has 0 N–H and O–H groups in total. The Morgan fingerprint density at radius 3 is 2.33 bits per heavy atom. The minimum absolute atomic E-state index is 0.134. The van der Waals surface area contributed by atoms with Crippen LogP contribution in [0.15, 0.2) is 18.2 Å². The summed E-state index contributed by atoms with van der Waals surface area (Å²) in [4.78, 5) is 0. The molecule has 2 fully saturated rings. The lowest BCUT2D eigenvalue weighted by Crippen LogP contribution is -2.13. The monoisotopic (exact) mass is 288 g/mol. The van der Waals surface area contributed by atoms with Gasteiger partial charge in [0.25, 0.3) is 0 Å². The fourth-order valence-electron chi connectivity index (χ4n) is 3.86. The zero-order valence-electron chi connectivity index (χ0n) is 13.4. The van der Waals surface area contributed by atoms with Gasteiger partial charge in [-0.05, 0) is 55.1 Å². The van der Waals surface area contributed by atoms with Crippen molar-refractivity contribution in [3.63, 3.8) is 0 Å². The van der Waals surface area contributed by atoms with Crippen LogP contribution in [0.2, 0.25) is 0 Å². The quantitative estimate of drug-likeness (QED) is 0.778. The highest BCUT2D eigenvalue weighted by molar-refractivity contribution is 5.35. The number of aryl methyl sites for hydroxylation is 1. The highest BCUT2D eigenvalue weighted by atomic mass is 16.7. The van der Waals surface area contributed by atoms with Crippen LogP contribution in [0.5, 0.6) is 0 Å². The van der Waals surface area contributed by atoms with E-state index >= 15 is 0 Å². The Labute approximate surface area is 128 Å². The minimum atomic E-state index is -0.134. The average molecular weight is 288 g/mol. The second-order valence-electron chi connectivity index (χ2n) is 6.51. The van der Waals surface area contributed by atoms with Gasteiger partial charge in [0.2, 0.25) is 0 Å². The minimum Gasteiger partial charge on any atom is -0.346 e. The molecule has 1 saturated carbocycles. The molecule has 0 atom stereocenters. The third-order valence-corrected chi connectivity index (χ3v) is 5.32. The van der Waals surface area contributed by atoms with Gasteiger partial charge in [-0.2, -0.15) is 0 Å². The van der Waals surface area contributed by atoms with E-state index in [1.807, 2.05) is 0 Å². The zero-order chi connectivity index (χ0) is 14.7. The molecule has 0 unspecified atom stereocenters. The molecule has 1 aliphatic carbocycles. The van der Waals surface area contributed by atoms with Crippen molar-refractivity contribution in [3.05, 3.63) is 34.9 Å². The van der Waals surface area contributed by atoms with Crippen molar-refractivity contribution in [3.8, 4) is 0 Å². The molecule has 21 heavy (non-hydrogen) atoms. The summed E-state index contributed by atoms with van der Waals surface area (Å²) in [5.74, 6) is 1.73. The molecule has 1 heterocycles. The van der Waals surface area contributed by atoms with Crippen LogP contribution < -0.4 is 0 Å². The Morgan fingerprint density at radius 1 is 1.00 bits per heavy atom. The van der Waals surface area contributed by atoms with Crippen LogP contribution in [-0.2, 0) is 15.9 Å². The third-order valence-electron chi connectivity index (χ3n) is 5.32. The lowest BCUT2D eigenvalue weighted by Gasteiger charge is -2.28. The topological polar surface area (TPSA) is 18.5 Å². The van der Waals surface area contributed by atoms with E-state index in [9.17, 15) is 0 Å². The van der Waals surface area contributed by atoms with Gasteiger partial charge >= 0.3 is 0 Å². The fraction of sp³-hybridized carbons (Fsp3) is 0.684. The van der Waals surface area contributed by atoms with Crippen LogP contribution in [0.25, 0.3) is 0 Å². The lowest BCUT2D eigenvalue weighted by molar-refractivity contribution is -0.0447. The Morgan fingerprint density at radius 2 is 1.71 bits per heavy atom. The lowest BCUT2D eigenvalue weighted by atomic mass is 9.77. The standard InChI is InChI=1S/C19H28O2/c1-3-14-5-7-16(8-6-14)17-9-10-18(15(4-2)13-17)19-20-11-12-21-19/h9-10,13-14,16,19H,3-8,11-12H2,1-2H3. The van der Waals surface area contributed by atoms with Gasteiger partial charge in [-0.1, -0.05) is 38.5 Å². The number of hydrogen-bond donors (Lipinski definition) is 0. The maximum absolute atomic E-state index is 5.67. The number of benzene rings is 1. The first-order valence-corrected chi connectivity index (χ1v) is 8.67. The third kappa shape index (κ3) is 3.32. The van der Waals surface area contributed by atoms with Crippen LogP contribution in [-0.4, -0.2) is 13.2 Å². The van der Waals surface area contributed by atoms with Crippen molar-refractivity contribution < 1.29 is 9.47 Å². The van der Waals surface area contributed by atoms with E-state index < -0.39 is 0 Å². The Hall–Kier alpha value is -0.860. The molecule has 2 nitrogen and oxygen atoms in total. The van der Waals surface area contributed by atoms with Gasteiger partial charge in [-0.15, -0.1) is 0 Å². The van der Waals surface area contributed by atoms with E-state index in [2.05, 4.69) is 32.0 Å². The fourth-order valence-corrected chi connectivity index (χ4v) is 3.86. The van der Waals surface area contributed by atoms with Crippen molar-refractivity contribution in [2.75, 3.05) is 13.2 Å². The van der Waals surface area contributed by atoms with Crippen LogP contribution >= 0.6 is 0 Å². The molecule has 0 radical (unpaired) electrons. The van der Waals surface area contributed by atoms with Gasteiger partial charge in [0, 0.05) is 5.56 Å². The molecule has 0 amide bonds. The first-order chi connectivity index (χ1) is 10.3. The van der Waals surface area contributed by atoms with Gasteiger partial charge in [0.15, 0.2) is 6.29 Å². The summed E-state index contributed by atoms with van der Waals surface area (Å²) in [6.07, 6.45) is 7.79. The van der Waals surface area contributed by atoms with E-state index in [4.69, 9.17) is 9.47 Å². The second-order valence-corrected chi connectivity index (χ2v) is 6.51. The molecule has 2 aliphatic rings. The largest absolute Gasteiger partial charge is 0.346 e. The van der Waals surface area contributed by atoms with Gasteiger partial charge in [0.1, 0.15) is 0 Å². The van der Waals surface area contributed by atoms with E-state index in [0.717, 1.165) is 31.5 Å². The van der Waals surface area contributed by atoms with Crippen molar-refractivity contribution in [1.82, 2.24) is 0 Å². The Bertz CT molecular complexity index is 455. The van der Waals surface area contributed by atoms with Crippen LogP contribution in [0.1, 0.15) is 74.8 Å². The number of rotatable bonds is 4. The van der Waals surface area contributed by atoms with Crippen LogP contribution in [0, 0.1) is 5.92 Å². The van der Waals surface area contributed by atoms with Crippen molar-refractivity contribution >= 4 is 0 Å². The normalized spacial score (nSPS) is 27.1. The molecule has 0 bridgehead atoms. The second kappa shape index (κ2) is 6.93. The molecular formula is C19H28O2. The van der Waals surface area contributed by atoms with Gasteiger partial charge in [-0.3, -0.25) is 0 Å². The van der Waals surface area contributed by atoms with Crippen molar-refractivity contribution in [1.29, 1.82) is 0 Å². The summed E-state index contributed by atoms with van der Waals surface area (Å²) in [6, 6.07) is 6.98. The van der Waals surface area contributed by atoms with E-state index in [1.165, 1.54) is 48.8 Å². The van der Waals surface area contributed by atoms with Crippen molar-refractivity contribution in [2.45, 2.75) is 64.6 Å². The van der Waals surface area contributed by atoms with Crippen LogP contribution in [0.3, 0.4) is 0 Å². The predicted molar refractivity (Wildman–Crippen MR) is 85.5 cm³/mol. The van der Waals surface area contributed by atoms with Crippen molar-refractivity contribution in [2.24, 2.45) is 5.92 Å². The maximum Gasteiger partial charge on any atom is 0.184 e. The van der Waals surface area contributed by atoms with Gasteiger partial charge < -0.3 is 9.47 Å². The molecule has 116 valence electrons. The summed E-state index contributed by atoms with van der Waals surface area (Å²) < 4.78 is 11.3. The summed E-state index contributed by atoms with van der Waals surface area (Å²) in [5, 5.41) is 0. The predicted octanol–water partition coefficient (Wildman–Crippen LogP) is 4.98. The molecule has 1 aromatic carbocycles. The summed E-state index contributed by atoms with van der Waals surface area (Å²) in [5.41, 5.74) is 4.17. The van der Waals surface area contributed by atoms with E-state index in [1.54, 1.807) is 0 Å². The molecule has 1 saturated heterocycles. The Kier molecular flexibility index (Phi) is 4.97. The molecular weight excluding hydrogens is 260 g/mol. The van der Waals surface area contributed by atoms with E-state index in [-0.39, 0.29) is 6.29 Å². The van der Waals surface area contributed by atoms with Gasteiger partial charge in [-0.25, -0.2) is 0 Å². The molecule has 1 aliphatic heterocycles. The highest BCUT2D eigenvalue weighted by Gasteiger charge is 2.24. The van der Waals surface area contributed by atoms with Crippen LogP contribution in [0.4, 0.5) is 0 Å². The maximum atomic E-state index is 5.67. The molecule has 1 aromatic rings. The smallest absolute Gasteiger partial charge is 0.184 e. The average Bonchev–Trinajstić information content (AvgIpc) is 3.08. The first kappa shape index (κ1) is 15.1. The number of ether oxygens (including phenoxy) is 2. The Balaban J connectivity index is 1.75. The van der Waals surface area contributed by atoms with Gasteiger partial charge in [0.05, 0.1) is 13.2 Å². The molecule has 2 heteroatoms. The first-order valence-electron chi connectivity index (χ1n) is 8.67. The zero-order valence-corrected chi connectivity index (χ0v) is 13.4. The highest BCUT2D eigenvalue weighted by Crippen LogP contribution is 2.38.